The van der Waals surface area contributed by atoms with Crippen molar-refractivity contribution in [3.8, 4) is 0 Å². The van der Waals surface area contributed by atoms with Crippen molar-refractivity contribution in [3.05, 3.63) is 40.4 Å². The molecule has 1 aliphatic rings. The number of carbonyl (C=O) groups is 4. The van der Waals surface area contributed by atoms with Crippen LogP contribution in [-0.2, 0) is 19.0 Å². The van der Waals surface area contributed by atoms with E-state index in [2.05, 4.69) is 14.5 Å². The van der Waals surface area contributed by atoms with E-state index < -0.39 is 23.5 Å². The quantitative estimate of drug-likeness (QED) is 0.648. The number of aromatic nitrogens is 1. The van der Waals surface area contributed by atoms with Crippen molar-refractivity contribution in [3.63, 3.8) is 0 Å². The number of carbonyl (C=O) groups excluding carboxylic acids is 4. The summed E-state index contributed by atoms with van der Waals surface area (Å²) < 4.78 is 14.0. The Labute approximate surface area is 130 Å². The number of fused-ring (bicyclic) bond motifs is 1. The van der Waals surface area contributed by atoms with Crippen LogP contribution in [0, 0.1) is 0 Å². The Balaban J connectivity index is 2.65. The maximum absolute atomic E-state index is 12.4. The first-order valence-electron chi connectivity index (χ1n) is 6.39. The molecular weight excluding hydrogens is 306 g/mol. The number of ether oxygens (including phenoxy) is 3. The summed E-state index contributed by atoms with van der Waals surface area (Å²) >= 11 is 0. The minimum Gasteiger partial charge on any atom is -0.492 e. The zero-order valence-corrected chi connectivity index (χ0v) is 12.6. The Morgan fingerprint density at radius 2 is 1.83 bits per heavy atom. The monoisotopic (exact) mass is 319 g/mol. The lowest BCUT2D eigenvalue weighted by Gasteiger charge is -2.11. The number of H-pyrrole nitrogens is 1. The summed E-state index contributed by atoms with van der Waals surface area (Å²) in [6, 6.07) is 0. The Kier molecular flexibility index (Phi) is 4.44. The number of Topliss-reactive ketones (excluding diaryl/α,β-unsaturated/α-hetero) is 1. The zero-order chi connectivity index (χ0) is 17.1. The highest BCUT2D eigenvalue weighted by Crippen LogP contribution is 2.28. The average Bonchev–Trinajstić information content (AvgIpc) is 2.95. The number of methoxy groups -OCH3 is 3. The lowest BCUT2D eigenvalue weighted by molar-refractivity contribution is -0.134. The van der Waals surface area contributed by atoms with Crippen LogP contribution in [-0.4, -0.2) is 49.8 Å². The highest BCUT2D eigenvalue weighted by Gasteiger charge is 2.35. The normalized spacial score (nSPS) is 13.6. The molecule has 1 N–H and O–H groups in total. The SMILES string of the molecule is COC(=O)C=Cc1[nH]c2c(c1C(=O)OC)C(=O)C(OC)=CC2=O. The van der Waals surface area contributed by atoms with E-state index in [0.717, 1.165) is 19.3 Å². The largest absolute Gasteiger partial charge is 0.492 e. The molecule has 0 amide bonds. The Morgan fingerprint density at radius 3 is 2.39 bits per heavy atom. The van der Waals surface area contributed by atoms with Crippen LogP contribution >= 0.6 is 0 Å². The van der Waals surface area contributed by atoms with Crippen LogP contribution in [0.3, 0.4) is 0 Å². The molecule has 1 aromatic rings. The molecule has 0 unspecified atom stereocenters. The van der Waals surface area contributed by atoms with Crippen LogP contribution in [0.5, 0.6) is 0 Å². The molecule has 1 heterocycles. The predicted molar refractivity (Wildman–Crippen MR) is 76.9 cm³/mol. The number of hydrogen-bond acceptors (Lipinski definition) is 7. The van der Waals surface area contributed by atoms with E-state index in [4.69, 9.17) is 4.74 Å². The molecule has 2 rings (SSSR count). The second-order valence-corrected chi connectivity index (χ2v) is 4.42. The molecule has 8 heteroatoms. The van der Waals surface area contributed by atoms with Gasteiger partial charge in [0.15, 0.2) is 5.76 Å². The third kappa shape index (κ3) is 2.78. The van der Waals surface area contributed by atoms with Gasteiger partial charge in [0.25, 0.3) is 0 Å². The van der Waals surface area contributed by atoms with Gasteiger partial charge in [-0.15, -0.1) is 0 Å². The van der Waals surface area contributed by atoms with Gasteiger partial charge >= 0.3 is 11.9 Å². The smallest absolute Gasteiger partial charge is 0.340 e. The van der Waals surface area contributed by atoms with Crippen LogP contribution in [0.4, 0.5) is 0 Å². The highest BCUT2D eigenvalue weighted by molar-refractivity contribution is 6.26. The van der Waals surface area contributed by atoms with E-state index in [9.17, 15) is 19.2 Å². The Morgan fingerprint density at radius 1 is 1.13 bits per heavy atom. The number of nitrogens with one attached hydrogen (secondary N) is 1. The minimum absolute atomic E-state index is 0.0688. The third-order valence-electron chi connectivity index (χ3n) is 3.19. The molecule has 0 fully saturated rings. The van der Waals surface area contributed by atoms with Crippen molar-refractivity contribution in [1.29, 1.82) is 0 Å². The van der Waals surface area contributed by atoms with E-state index >= 15 is 0 Å². The van der Waals surface area contributed by atoms with Crippen molar-refractivity contribution in [2.24, 2.45) is 0 Å². The van der Waals surface area contributed by atoms with E-state index in [0.29, 0.717) is 0 Å². The van der Waals surface area contributed by atoms with E-state index in [-0.39, 0.29) is 28.3 Å². The lowest BCUT2D eigenvalue weighted by Crippen LogP contribution is -2.20. The molecule has 0 spiro atoms. The van der Waals surface area contributed by atoms with E-state index in [1.807, 2.05) is 0 Å². The molecule has 0 aromatic carbocycles. The van der Waals surface area contributed by atoms with Crippen LogP contribution in [0.2, 0.25) is 0 Å². The Bertz CT molecular complexity index is 767. The van der Waals surface area contributed by atoms with E-state index in [1.165, 1.54) is 20.3 Å². The van der Waals surface area contributed by atoms with Crippen molar-refractivity contribution in [1.82, 2.24) is 4.98 Å². The summed E-state index contributed by atoms with van der Waals surface area (Å²) in [6.07, 6.45) is 3.29. The highest BCUT2D eigenvalue weighted by atomic mass is 16.5. The maximum Gasteiger partial charge on any atom is 0.340 e. The van der Waals surface area contributed by atoms with Crippen molar-refractivity contribution >= 4 is 29.6 Å². The van der Waals surface area contributed by atoms with Gasteiger partial charge in [-0.3, -0.25) is 9.59 Å². The van der Waals surface area contributed by atoms with Gasteiger partial charge in [-0.2, -0.15) is 0 Å². The average molecular weight is 319 g/mol. The van der Waals surface area contributed by atoms with Gasteiger partial charge in [-0.05, 0) is 6.08 Å². The van der Waals surface area contributed by atoms with Crippen LogP contribution in [0.15, 0.2) is 17.9 Å². The fourth-order valence-corrected chi connectivity index (χ4v) is 2.12. The van der Waals surface area contributed by atoms with Gasteiger partial charge in [0, 0.05) is 12.2 Å². The summed E-state index contributed by atoms with van der Waals surface area (Å²) in [7, 11) is 3.57. The van der Waals surface area contributed by atoms with Gasteiger partial charge in [-0.25, -0.2) is 9.59 Å². The van der Waals surface area contributed by atoms with Gasteiger partial charge in [0.1, 0.15) is 0 Å². The van der Waals surface area contributed by atoms with Crippen LogP contribution < -0.4 is 0 Å². The molecule has 0 aliphatic heterocycles. The molecule has 0 atom stereocenters. The summed E-state index contributed by atoms with van der Waals surface area (Å²) in [5.74, 6) is -2.83. The number of ketones is 2. The molecular formula is C15H13NO7. The maximum atomic E-state index is 12.4. The van der Waals surface area contributed by atoms with Crippen LogP contribution in [0.25, 0.3) is 6.08 Å². The van der Waals surface area contributed by atoms with E-state index in [1.54, 1.807) is 0 Å². The fourth-order valence-electron chi connectivity index (χ4n) is 2.12. The van der Waals surface area contributed by atoms with Crippen LogP contribution in [0.1, 0.15) is 36.9 Å². The predicted octanol–water partition coefficient (Wildman–Crippen LogP) is 0.897. The summed E-state index contributed by atoms with van der Waals surface area (Å²) in [5, 5.41) is 0. The molecule has 0 bridgehead atoms. The molecule has 0 saturated heterocycles. The third-order valence-corrected chi connectivity index (χ3v) is 3.19. The molecule has 1 aliphatic carbocycles. The molecule has 0 saturated carbocycles. The number of aromatic amines is 1. The van der Waals surface area contributed by atoms with Crippen molar-refractivity contribution in [2.75, 3.05) is 21.3 Å². The summed E-state index contributed by atoms with van der Waals surface area (Å²) in [6.45, 7) is 0. The second-order valence-electron chi connectivity index (χ2n) is 4.42. The number of esters is 2. The molecule has 0 radical (unpaired) electrons. The Hall–Kier alpha value is -3.16. The number of hydrogen-bond donors (Lipinski definition) is 1. The topological polar surface area (TPSA) is 112 Å². The first-order valence-corrected chi connectivity index (χ1v) is 6.39. The molecule has 23 heavy (non-hydrogen) atoms. The van der Waals surface area contributed by atoms with Crippen molar-refractivity contribution in [2.45, 2.75) is 0 Å². The first-order chi connectivity index (χ1) is 10.9. The molecule has 1 aromatic heterocycles. The molecule has 120 valence electrons. The van der Waals surface area contributed by atoms with Gasteiger partial charge in [0.2, 0.25) is 11.6 Å². The number of rotatable bonds is 4. The molecule has 8 nitrogen and oxygen atoms in total. The van der Waals surface area contributed by atoms with Crippen molar-refractivity contribution < 1.29 is 33.4 Å². The fraction of sp³-hybridized carbons (Fsp3) is 0.200. The lowest BCUT2D eigenvalue weighted by atomic mass is 9.96. The second kappa shape index (κ2) is 6.30. The first kappa shape index (κ1) is 16.2. The zero-order valence-electron chi connectivity index (χ0n) is 12.6. The van der Waals surface area contributed by atoms with Gasteiger partial charge in [0.05, 0.1) is 43.8 Å². The summed E-state index contributed by atoms with van der Waals surface area (Å²) in [5.41, 5.74) is -0.283. The minimum atomic E-state index is -0.828. The summed E-state index contributed by atoms with van der Waals surface area (Å²) in [4.78, 5) is 50.3. The number of allylic oxidation sites excluding steroid dienone is 2. The van der Waals surface area contributed by atoms with Gasteiger partial charge in [-0.1, -0.05) is 0 Å². The standard InChI is InChI=1S/C15H13NO7/c1-21-9-6-8(17)13-12(14(9)19)11(15(20)23-3)7(16-13)4-5-10(18)22-2/h4-6,16H,1-3H3. The van der Waals surface area contributed by atoms with Gasteiger partial charge < -0.3 is 19.2 Å².